The number of alkyl halides is 3. The van der Waals surface area contributed by atoms with Gasteiger partial charge in [0.1, 0.15) is 5.75 Å². The summed E-state index contributed by atoms with van der Waals surface area (Å²) in [4.78, 5) is 21.4. The minimum atomic E-state index is -4.76. The Labute approximate surface area is 202 Å². The van der Waals surface area contributed by atoms with Crippen molar-refractivity contribution in [1.82, 2.24) is 19.9 Å². The van der Waals surface area contributed by atoms with E-state index in [0.717, 1.165) is 5.56 Å². The molecule has 1 N–H and O–H groups in total. The third kappa shape index (κ3) is 6.06. The van der Waals surface area contributed by atoms with Gasteiger partial charge in [-0.15, -0.1) is 13.2 Å². The van der Waals surface area contributed by atoms with Crippen LogP contribution in [0.25, 0.3) is 0 Å². The molecule has 192 valence electrons. The number of aliphatic hydroxyl groups is 1. The van der Waals surface area contributed by atoms with Crippen LogP contribution in [0.4, 0.5) is 18.0 Å². The van der Waals surface area contributed by atoms with Gasteiger partial charge in [0, 0.05) is 38.0 Å². The quantitative estimate of drug-likeness (QED) is 0.668. The average molecular weight is 497 g/mol. The number of piperidine rings is 2. The number of urea groups is 1. The number of hydrogen-bond donors (Lipinski definition) is 1. The minimum absolute atomic E-state index is 0.0910. The molecule has 0 bridgehead atoms. The maximum atomic E-state index is 13.4. The lowest BCUT2D eigenvalue weighted by atomic mass is 9.84. The van der Waals surface area contributed by atoms with Crippen molar-refractivity contribution < 1.29 is 32.3 Å². The predicted octanol–water partition coefficient (Wildman–Crippen LogP) is 4.55. The molecule has 2 amide bonds. The largest absolute Gasteiger partial charge is 0.573 e. The van der Waals surface area contributed by atoms with Crippen LogP contribution >= 0.6 is 0 Å². The van der Waals surface area contributed by atoms with E-state index in [1.165, 1.54) is 6.07 Å². The van der Waals surface area contributed by atoms with Crippen molar-refractivity contribution in [3.05, 3.63) is 41.0 Å². The van der Waals surface area contributed by atoms with E-state index in [9.17, 15) is 23.1 Å². The normalized spacial score (nSPS) is 22.1. The number of halogens is 3. The van der Waals surface area contributed by atoms with Gasteiger partial charge in [-0.1, -0.05) is 31.1 Å². The molecule has 8 nitrogen and oxygen atoms in total. The Kier molecular flexibility index (Phi) is 7.25. The molecular formula is C24H31F3N4O4. The monoisotopic (exact) mass is 496 g/mol. The van der Waals surface area contributed by atoms with Crippen molar-refractivity contribution in [3.63, 3.8) is 0 Å². The number of carbonyl (C=O) groups excluding carboxylic acids is 1. The van der Waals surface area contributed by atoms with Crippen LogP contribution in [-0.2, 0) is 0 Å². The highest BCUT2D eigenvalue weighted by molar-refractivity contribution is 5.75. The highest BCUT2D eigenvalue weighted by atomic mass is 19.4. The van der Waals surface area contributed by atoms with Gasteiger partial charge in [-0.25, -0.2) is 4.79 Å². The Morgan fingerprint density at radius 2 is 1.86 bits per heavy atom. The maximum Gasteiger partial charge on any atom is 0.573 e. The predicted molar refractivity (Wildman–Crippen MR) is 120 cm³/mol. The Morgan fingerprint density at radius 3 is 2.46 bits per heavy atom. The summed E-state index contributed by atoms with van der Waals surface area (Å²) in [5, 5.41) is 13.9. The number of aryl methyl sites for hydroxylation is 1. The second-order valence-electron chi connectivity index (χ2n) is 9.75. The highest BCUT2D eigenvalue weighted by Crippen LogP contribution is 2.38. The Hall–Kier alpha value is -2.82. The number of hydrogen-bond acceptors (Lipinski definition) is 6. The van der Waals surface area contributed by atoms with Crippen molar-refractivity contribution in [2.24, 2.45) is 0 Å². The molecule has 3 heterocycles. The van der Waals surface area contributed by atoms with Gasteiger partial charge in [-0.2, -0.15) is 4.98 Å². The number of aromatic nitrogens is 2. The molecule has 4 rings (SSSR count). The van der Waals surface area contributed by atoms with E-state index >= 15 is 0 Å². The SMILES string of the molecule is Cc1cc(C2CC(c3nc(C(C)C)no3)CN(C(=O)N3CCC(O)CC3)C2)ccc1OC(F)(F)F. The Bertz CT molecular complexity index is 1030. The molecule has 0 saturated carbocycles. The molecule has 2 aliphatic rings. The van der Waals surface area contributed by atoms with Crippen LogP contribution in [-0.4, -0.2) is 69.7 Å². The summed E-state index contributed by atoms with van der Waals surface area (Å²) in [6.07, 6.45) is -3.48. The number of rotatable bonds is 4. The summed E-state index contributed by atoms with van der Waals surface area (Å²) in [6, 6.07) is 4.50. The van der Waals surface area contributed by atoms with E-state index in [-0.39, 0.29) is 29.5 Å². The molecule has 1 aromatic heterocycles. The van der Waals surface area contributed by atoms with Crippen LogP contribution in [0.2, 0.25) is 0 Å². The molecule has 2 atom stereocenters. The second kappa shape index (κ2) is 10.0. The number of benzene rings is 1. The topological polar surface area (TPSA) is 91.9 Å². The van der Waals surface area contributed by atoms with E-state index < -0.39 is 12.5 Å². The average Bonchev–Trinajstić information content (AvgIpc) is 3.30. The third-order valence-electron chi connectivity index (χ3n) is 6.68. The molecule has 1 aromatic carbocycles. The van der Waals surface area contributed by atoms with Crippen molar-refractivity contribution in [2.75, 3.05) is 26.2 Å². The van der Waals surface area contributed by atoms with E-state index in [4.69, 9.17) is 4.52 Å². The highest BCUT2D eigenvalue weighted by Gasteiger charge is 2.37. The van der Waals surface area contributed by atoms with Crippen molar-refractivity contribution in [2.45, 2.75) is 70.3 Å². The molecule has 0 spiro atoms. The zero-order valence-electron chi connectivity index (χ0n) is 20.1. The van der Waals surface area contributed by atoms with Crippen molar-refractivity contribution in [3.8, 4) is 5.75 Å². The van der Waals surface area contributed by atoms with E-state index in [1.54, 1.807) is 28.9 Å². The van der Waals surface area contributed by atoms with Gasteiger partial charge in [0.15, 0.2) is 5.82 Å². The molecular weight excluding hydrogens is 465 g/mol. The maximum absolute atomic E-state index is 13.4. The van der Waals surface area contributed by atoms with Crippen LogP contribution < -0.4 is 4.74 Å². The Balaban J connectivity index is 1.59. The van der Waals surface area contributed by atoms with E-state index in [2.05, 4.69) is 14.9 Å². The summed E-state index contributed by atoms with van der Waals surface area (Å²) in [7, 11) is 0. The fraction of sp³-hybridized carbons (Fsp3) is 0.625. The van der Waals surface area contributed by atoms with Gasteiger partial charge >= 0.3 is 12.4 Å². The summed E-state index contributed by atoms with van der Waals surface area (Å²) < 4.78 is 47.8. The molecule has 2 aromatic rings. The first-order chi connectivity index (χ1) is 16.5. The molecule has 2 fully saturated rings. The van der Waals surface area contributed by atoms with Gasteiger partial charge in [0.05, 0.1) is 12.0 Å². The van der Waals surface area contributed by atoms with E-state index in [0.29, 0.717) is 62.7 Å². The Morgan fingerprint density at radius 1 is 1.17 bits per heavy atom. The summed E-state index contributed by atoms with van der Waals surface area (Å²) in [5.74, 6) is 0.550. The molecule has 0 aliphatic carbocycles. The van der Waals surface area contributed by atoms with Gasteiger partial charge in [0.25, 0.3) is 0 Å². The van der Waals surface area contributed by atoms with Gasteiger partial charge < -0.3 is 24.2 Å². The minimum Gasteiger partial charge on any atom is -0.406 e. The zero-order valence-corrected chi connectivity index (χ0v) is 20.1. The van der Waals surface area contributed by atoms with Crippen LogP contribution in [0, 0.1) is 6.92 Å². The number of ether oxygens (including phenoxy) is 1. The summed E-state index contributed by atoms with van der Waals surface area (Å²) in [5.41, 5.74) is 1.18. The second-order valence-corrected chi connectivity index (χ2v) is 9.75. The first-order valence-electron chi connectivity index (χ1n) is 11.9. The smallest absolute Gasteiger partial charge is 0.406 e. The van der Waals surface area contributed by atoms with Gasteiger partial charge in [0.2, 0.25) is 5.89 Å². The third-order valence-corrected chi connectivity index (χ3v) is 6.68. The number of aliphatic hydroxyl groups excluding tert-OH is 1. The fourth-order valence-electron chi connectivity index (χ4n) is 4.75. The molecule has 2 saturated heterocycles. The molecule has 35 heavy (non-hydrogen) atoms. The lowest BCUT2D eigenvalue weighted by molar-refractivity contribution is -0.274. The lowest BCUT2D eigenvalue weighted by Gasteiger charge is -2.40. The first-order valence-corrected chi connectivity index (χ1v) is 11.9. The van der Waals surface area contributed by atoms with Crippen LogP contribution in [0.3, 0.4) is 0 Å². The molecule has 2 aliphatic heterocycles. The fourth-order valence-corrected chi connectivity index (χ4v) is 4.75. The lowest BCUT2D eigenvalue weighted by Crippen LogP contribution is -2.51. The van der Waals surface area contributed by atoms with Crippen LogP contribution in [0.1, 0.15) is 73.7 Å². The molecule has 0 radical (unpaired) electrons. The van der Waals surface area contributed by atoms with Crippen molar-refractivity contribution >= 4 is 6.03 Å². The van der Waals surface area contributed by atoms with Crippen molar-refractivity contribution in [1.29, 1.82) is 0 Å². The summed E-state index contributed by atoms with van der Waals surface area (Å²) in [6.45, 7) is 7.28. The standard InChI is InChI=1S/C24H31F3N4O4/c1-14(2)21-28-22(35-29-21)18-11-17(16-4-5-20(15(3)10-16)34-24(25,26)27)12-31(13-18)23(33)30-8-6-19(32)7-9-30/h4-5,10,14,17-19,32H,6-9,11-13H2,1-3H3. The number of nitrogens with zero attached hydrogens (tertiary/aromatic N) is 4. The first kappa shape index (κ1) is 25.3. The van der Waals surface area contributed by atoms with Gasteiger partial charge in [-0.05, 0) is 43.4 Å². The molecule has 11 heteroatoms. The molecule has 2 unspecified atom stereocenters. The number of likely N-dealkylation sites (tertiary alicyclic amines) is 2. The van der Waals surface area contributed by atoms with Gasteiger partial charge in [-0.3, -0.25) is 0 Å². The summed E-state index contributed by atoms with van der Waals surface area (Å²) >= 11 is 0. The van der Waals surface area contributed by atoms with E-state index in [1.807, 2.05) is 13.8 Å². The zero-order chi connectivity index (χ0) is 25.3. The van der Waals surface area contributed by atoms with Crippen LogP contribution in [0.15, 0.2) is 22.7 Å². The van der Waals surface area contributed by atoms with Crippen LogP contribution in [0.5, 0.6) is 5.75 Å². The number of carbonyl (C=O) groups is 1. The number of amides is 2.